The van der Waals surface area contributed by atoms with Crippen molar-refractivity contribution in [2.45, 2.75) is 6.54 Å². The Morgan fingerprint density at radius 3 is 3.07 bits per heavy atom. The van der Waals surface area contributed by atoms with E-state index >= 15 is 0 Å². The van der Waals surface area contributed by atoms with Gasteiger partial charge in [-0.25, -0.2) is 4.79 Å². The molecule has 2 heterocycles. The second-order valence-corrected chi connectivity index (χ2v) is 4.20. The monoisotopic (exact) mass is 227 g/mol. The second kappa shape index (κ2) is 5.09. The van der Waals surface area contributed by atoms with Crippen molar-refractivity contribution < 1.29 is 9.53 Å². The SMILES string of the molecule is O=C(NCc1cncs1)N1CCOCC1. The fourth-order valence-electron chi connectivity index (χ4n) is 1.37. The molecule has 1 fully saturated rings. The largest absolute Gasteiger partial charge is 0.378 e. The van der Waals surface area contributed by atoms with Crippen LogP contribution in [0.5, 0.6) is 0 Å². The van der Waals surface area contributed by atoms with Gasteiger partial charge in [0, 0.05) is 24.2 Å². The quantitative estimate of drug-likeness (QED) is 0.808. The first-order chi connectivity index (χ1) is 7.36. The molecule has 1 N–H and O–H groups in total. The summed E-state index contributed by atoms with van der Waals surface area (Å²) in [7, 11) is 0. The van der Waals surface area contributed by atoms with Crippen LogP contribution in [0.2, 0.25) is 0 Å². The van der Waals surface area contributed by atoms with Gasteiger partial charge in [-0.3, -0.25) is 4.98 Å². The number of aromatic nitrogens is 1. The van der Waals surface area contributed by atoms with Gasteiger partial charge >= 0.3 is 6.03 Å². The molecule has 0 aromatic carbocycles. The van der Waals surface area contributed by atoms with E-state index in [2.05, 4.69) is 10.3 Å². The average Bonchev–Trinajstić information content (AvgIpc) is 2.80. The van der Waals surface area contributed by atoms with Crippen molar-refractivity contribution in [1.29, 1.82) is 0 Å². The number of hydrogen-bond acceptors (Lipinski definition) is 4. The number of hydrogen-bond donors (Lipinski definition) is 1. The Kier molecular flexibility index (Phi) is 3.52. The first-order valence-corrected chi connectivity index (χ1v) is 5.72. The van der Waals surface area contributed by atoms with Gasteiger partial charge in [-0.2, -0.15) is 0 Å². The highest BCUT2D eigenvalue weighted by molar-refractivity contribution is 7.09. The standard InChI is InChI=1S/C9H13N3O2S/c13-9(12-1-3-14-4-2-12)11-6-8-5-10-7-15-8/h5,7H,1-4,6H2,(H,11,13). The number of urea groups is 1. The number of morpholine rings is 1. The van der Waals surface area contributed by atoms with Gasteiger partial charge in [0.25, 0.3) is 0 Å². The summed E-state index contributed by atoms with van der Waals surface area (Å²) in [6.45, 7) is 3.17. The van der Waals surface area contributed by atoms with E-state index in [4.69, 9.17) is 4.74 Å². The molecule has 1 aliphatic heterocycles. The van der Waals surface area contributed by atoms with Crippen molar-refractivity contribution in [2.75, 3.05) is 26.3 Å². The van der Waals surface area contributed by atoms with Gasteiger partial charge in [0.05, 0.1) is 25.3 Å². The topological polar surface area (TPSA) is 54.5 Å². The first kappa shape index (κ1) is 10.4. The van der Waals surface area contributed by atoms with Gasteiger partial charge < -0.3 is 15.0 Å². The zero-order valence-electron chi connectivity index (χ0n) is 8.31. The zero-order valence-corrected chi connectivity index (χ0v) is 9.13. The molecule has 1 saturated heterocycles. The maximum absolute atomic E-state index is 11.6. The molecule has 0 atom stereocenters. The summed E-state index contributed by atoms with van der Waals surface area (Å²) >= 11 is 1.54. The molecular formula is C9H13N3O2S. The molecule has 2 rings (SSSR count). The van der Waals surface area contributed by atoms with Crippen LogP contribution >= 0.6 is 11.3 Å². The first-order valence-electron chi connectivity index (χ1n) is 4.84. The van der Waals surface area contributed by atoms with Crippen molar-refractivity contribution in [3.8, 4) is 0 Å². The molecular weight excluding hydrogens is 214 g/mol. The number of amides is 2. The smallest absolute Gasteiger partial charge is 0.317 e. The highest BCUT2D eigenvalue weighted by atomic mass is 32.1. The average molecular weight is 227 g/mol. The van der Waals surface area contributed by atoms with Crippen LogP contribution in [0.4, 0.5) is 4.79 Å². The van der Waals surface area contributed by atoms with Crippen molar-refractivity contribution >= 4 is 17.4 Å². The molecule has 1 aromatic heterocycles. The van der Waals surface area contributed by atoms with E-state index in [9.17, 15) is 4.79 Å². The second-order valence-electron chi connectivity index (χ2n) is 3.23. The lowest BCUT2D eigenvalue weighted by Gasteiger charge is -2.26. The molecule has 5 nitrogen and oxygen atoms in total. The predicted molar refractivity (Wildman–Crippen MR) is 56.7 cm³/mol. The summed E-state index contributed by atoms with van der Waals surface area (Å²) in [4.78, 5) is 18.4. The lowest BCUT2D eigenvalue weighted by atomic mass is 10.4. The Balaban J connectivity index is 1.76. The van der Waals surface area contributed by atoms with Crippen molar-refractivity contribution in [2.24, 2.45) is 0 Å². The van der Waals surface area contributed by atoms with Crippen LogP contribution in [-0.4, -0.2) is 42.2 Å². The van der Waals surface area contributed by atoms with Crippen molar-refractivity contribution in [3.05, 3.63) is 16.6 Å². The third-order valence-electron chi connectivity index (χ3n) is 2.20. The summed E-state index contributed by atoms with van der Waals surface area (Å²) in [5.41, 5.74) is 1.76. The van der Waals surface area contributed by atoms with Gasteiger partial charge in [0.1, 0.15) is 0 Å². The maximum atomic E-state index is 11.6. The third-order valence-corrected chi connectivity index (χ3v) is 2.98. The Bertz CT molecular complexity index is 309. The van der Waals surface area contributed by atoms with E-state index < -0.39 is 0 Å². The molecule has 0 bridgehead atoms. The fraction of sp³-hybridized carbons (Fsp3) is 0.556. The van der Waals surface area contributed by atoms with E-state index in [1.165, 1.54) is 0 Å². The van der Waals surface area contributed by atoms with E-state index in [-0.39, 0.29) is 6.03 Å². The van der Waals surface area contributed by atoms with Crippen LogP contribution in [0.15, 0.2) is 11.7 Å². The van der Waals surface area contributed by atoms with Gasteiger partial charge in [-0.05, 0) is 0 Å². The van der Waals surface area contributed by atoms with Crippen LogP contribution in [0, 0.1) is 0 Å². The highest BCUT2D eigenvalue weighted by Crippen LogP contribution is 2.05. The van der Waals surface area contributed by atoms with Crippen LogP contribution in [0.3, 0.4) is 0 Å². The lowest BCUT2D eigenvalue weighted by molar-refractivity contribution is 0.0531. The molecule has 1 aromatic rings. The number of carbonyl (C=O) groups excluding carboxylic acids is 1. The minimum Gasteiger partial charge on any atom is -0.378 e. The predicted octanol–water partition coefficient (Wildman–Crippen LogP) is 0.685. The summed E-state index contributed by atoms with van der Waals surface area (Å²) in [6, 6.07) is -0.0216. The Morgan fingerprint density at radius 2 is 2.40 bits per heavy atom. The minimum atomic E-state index is -0.0216. The number of nitrogens with zero attached hydrogens (tertiary/aromatic N) is 2. The number of carbonyl (C=O) groups is 1. The normalized spacial score (nSPS) is 16.4. The fourth-order valence-corrected chi connectivity index (χ4v) is 1.90. The van der Waals surface area contributed by atoms with E-state index in [1.807, 2.05) is 0 Å². The number of ether oxygens (including phenoxy) is 1. The van der Waals surface area contributed by atoms with Crippen LogP contribution < -0.4 is 5.32 Å². The lowest BCUT2D eigenvalue weighted by Crippen LogP contribution is -2.45. The van der Waals surface area contributed by atoms with E-state index in [0.717, 1.165) is 4.88 Å². The Hall–Kier alpha value is -1.14. The number of rotatable bonds is 2. The van der Waals surface area contributed by atoms with Gasteiger partial charge in [-0.15, -0.1) is 11.3 Å². The number of nitrogens with one attached hydrogen (secondary N) is 1. The number of thiazole rings is 1. The van der Waals surface area contributed by atoms with Gasteiger partial charge in [0.15, 0.2) is 0 Å². The maximum Gasteiger partial charge on any atom is 0.317 e. The van der Waals surface area contributed by atoms with Crippen LogP contribution in [0.25, 0.3) is 0 Å². The van der Waals surface area contributed by atoms with E-state index in [1.54, 1.807) is 27.9 Å². The third kappa shape index (κ3) is 2.90. The molecule has 6 heteroatoms. The summed E-state index contributed by atoms with van der Waals surface area (Å²) < 4.78 is 5.17. The zero-order chi connectivity index (χ0) is 10.5. The molecule has 2 amide bonds. The minimum absolute atomic E-state index is 0.0216. The van der Waals surface area contributed by atoms with Crippen molar-refractivity contribution in [3.63, 3.8) is 0 Å². The van der Waals surface area contributed by atoms with Gasteiger partial charge in [-0.1, -0.05) is 0 Å². The summed E-state index contributed by atoms with van der Waals surface area (Å²) in [5.74, 6) is 0. The molecule has 15 heavy (non-hydrogen) atoms. The van der Waals surface area contributed by atoms with Crippen molar-refractivity contribution in [1.82, 2.24) is 15.2 Å². The molecule has 1 aliphatic rings. The van der Waals surface area contributed by atoms with Gasteiger partial charge in [0.2, 0.25) is 0 Å². The highest BCUT2D eigenvalue weighted by Gasteiger charge is 2.15. The molecule has 0 unspecified atom stereocenters. The Morgan fingerprint density at radius 1 is 1.60 bits per heavy atom. The van der Waals surface area contributed by atoms with E-state index in [0.29, 0.717) is 32.8 Å². The van der Waals surface area contributed by atoms with Crippen LogP contribution in [-0.2, 0) is 11.3 Å². The molecule has 0 radical (unpaired) electrons. The Labute approximate surface area is 92.1 Å². The molecule has 0 spiro atoms. The molecule has 82 valence electrons. The molecule has 0 aliphatic carbocycles. The van der Waals surface area contributed by atoms with Crippen LogP contribution in [0.1, 0.15) is 4.88 Å². The summed E-state index contributed by atoms with van der Waals surface area (Å²) in [6.07, 6.45) is 1.77. The summed E-state index contributed by atoms with van der Waals surface area (Å²) in [5, 5.41) is 2.86. The molecule has 0 saturated carbocycles.